The highest BCUT2D eigenvalue weighted by atomic mass is 16.3. The predicted molar refractivity (Wildman–Crippen MR) is 157 cm³/mol. The van der Waals surface area contributed by atoms with Crippen LogP contribution in [0.4, 0.5) is 0 Å². The van der Waals surface area contributed by atoms with Crippen molar-refractivity contribution in [3.63, 3.8) is 0 Å². The average molecular weight is 490 g/mol. The molecule has 5 aromatic carbocycles. The zero-order valence-corrected chi connectivity index (χ0v) is 21.3. The summed E-state index contributed by atoms with van der Waals surface area (Å²) in [7, 11) is 2.10. The molecule has 8 aromatic rings. The Kier molecular flexibility index (Phi) is 4.36. The molecule has 0 aliphatic carbocycles. The van der Waals surface area contributed by atoms with Gasteiger partial charge in [-0.25, -0.2) is 0 Å². The van der Waals surface area contributed by atoms with Gasteiger partial charge in [-0.1, -0.05) is 66.7 Å². The van der Waals surface area contributed by atoms with Crippen LogP contribution in [0.25, 0.3) is 71.5 Å². The first-order chi connectivity index (χ1) is 18.7. The highest BCUT2D eigenvalue weighted by molar-refractivity contribution is 6.11. The van der Waals surface area contributed by atoms with E-state index in [1.807, 2.05) is 0 Å². The molecule has 0 aliphatic rings. The standard InChI is InChI=1S/C35H25N2O/c1-22-25-10-4-3-9-23(25)15-17-26(22)34-35-29(19-20-36(34)2)30-21-24(16-18-33(30)38-35)37-31-13-7-5-11-27(31)28-12-6-8-14-32(28)37/h3-21H,1-2H3/q+1. The van der Waals surface area contributed by atoms with E-state index in [1.165, 1.54) is 43.7 Å². The number of rotatable bonds is 2. The minimum Gasteiger partial charge on any atom is -0.449 e. The first-order valence-electron chi connectivity index (χ1n) is 13.0. The summed E-state index contributed by atoms with van der Waals surface area (Å²) in [6.45, 7) is 2.21. The fourth-order valence-electron chi connectivity index (χ4n) is 6.20. The molecular weight excluding hydrogens is 464 g/mol. The SMILES string of the molecule is Cc1c(-c2c3oc4ccc(-n5c6ccccc6c6ccccc65)cc4c3cc[n+]2C)ccc2ccccc12. The van der Waals surface area contributed by atoms with Crippen molar-refractivity contribution in [1.29, 1.82) is 0 Å². The second-order valence-electron chi connectivity index (χ2n) is 10.1. The fraction of sp³-hybridized carbons (Fsp3) is 0.0571. The number of benzene rings is 5. The minimum absolute atomic E-state index is 0.899. The van der Waals surface area contributed by atoms with Crippen LogP contribution < -0.4 is 4.57 Å². The van der Waals surface area contributed by atoms with Crippen LogP contribution in [-0.4, -0.2) is 4.57 Å². The van der Waals surface area contributed by atoms with E-state index in [9.17, 15) is 0 Å². The number of hydrogen-bond acceptors (Lipinski definition) is 1. The zero-order valence-electron chi connectivity index (χ0n) is 21.3. The van der Waals surface area contributed by atoms with Gasteiger partial charge in [0.2, 0.25) is 5.58 Å². The summed E-state index contributed by atoms with van der Waals surface area (Å²) < 4.78 is 11.1. The third-order valence-corrected chi connectivity index (χ3v) is 8.03. The van der Waals surface area contributed by atoms with Crippen molar-refractivity contribution in [3.05, 3.63) is 121 Å². The van der Waals surface area contributed by atoms with Gasteiger partial charge in [0.25, 0.3) is 5.69 Å². The van der Waals surface area contributed by atoms with Crippen molar-refractivity contribution < 1.29 is 8.98 Å². The Morgan fingerprint density at radius 2 is 1.32 bits per heavy atom. The number of nitrogens with zero attached hydrogens (tertiary/aromatic N) is 2. The van der Waals surface area contributed by atoms with E-state index in [4.69, 9.17) is 4.42 Å². The Morgan fingerprint density at radius 1 is 0.632 bits per heavy atom. The third-order valence-electron chi connectivity index (χ3n) is 8.03. The maximum atomic E-state index is 6.60. The van der Waals surface area contributed by atoms with Crippen molar-refractivity contribution >= 4 is 54.5 Å². The second kappa shape index (κ2) is 7.80. The van der Waals surface area contributed by atoms with Crippen molar-refractivity contribution in [3.8, 4) is 16.9 Å². The van der Waals surface area contributed by atoms with Crippen LogP contribution in [0, 0.1) is 6.92 Å². The number of fused-ring (bicyclic) bond motifs is 7. The van der Waals surface area contributed by atoms with Gasteiger partial charge in [-0.05, 0) is 59.7 Å². The van der Waals surface area contributed by atoms with E-state index in [2.05, 4.69) is 138 Å². The summed E-state index contributed by atoms with van der Waals surface area (Å²) in [5.41, 5.74) is 8.92. The number of pyridine rings is 1. The van der Waals surface area contributed by atoms with Gasteiger partial charge in [0.1, 0.15) is 12.6 Å². The van der Waals surface area contributed by atoms with Crippen LogP contribution in [-0.2, 0) is 7.05 Å². The van der Waals surface area contributed by atoms with E-state index in [0.717, 1.165) is 33.3 Å². The van der Waals surface area contributed by atoms with E-state index in [1.54, 1.807) is 0 Å². The van der Waals surface area contributed by atoms with Crippen LogP contribution in [0.3, 0.4) is 0 Å². The maximum absolute atomic E-state index is 6.60. The number of hydrogen-bond donors (Lipinski definition) is 0. The van der Waals surface area contributed by atoms with Crippen molar-refractivity contribution in [1.82, 2.24) is 4.57 Å². The molecule has 0 radical (unpaired) electrons. The molecule has 3 nitrogen and oxygen atoms in total. The van der Waals surface area contributed by atoms with Crippen LogP contribution >= 0.6 is 0 Å². The molecule has 8 rings (SSSR count). The minimum atomic E-state index is 0.899. The summed E-state index contributed by atoms with van der Waals surface area (Å²) >= 11 is 0. The second-order valence-corrected chi connectivity index (χ2v) is 10.1. The van der Waals surface area contributed by atoms with E-state index in [-0.39, 0.29) is 0 Å². The average Bonchev–Trinajstić information content (AvgIpc) is 3.49. The maximum Gasteiger partial charge on any atom is 0.256 e. The summed E-state index contributed by atoms with van der Waals surface area (Å²) in [5.74, 6) is 0. The molecule has 0 saturated carbocycles. The van der Waals surface area contributed by atoms with Crippen molar-refractivity contribution in [2.24, 2.45) is 7.05 Å². The lowest BCUT2D eigenvalue weighted by atomic mass is 9.97. The molecule has 38 heavy (non-hydrogen) atoms. The molecule has 0 saturated heterocycles. The highest BCUT2D eigenvalue weighted by Gasteiger charge is 2.23. The largest absolute Gasteiger partial charge is 0.449 e. The summed E-state index contributed by atoms with van der Waals surface area (Å²) in [4.78, 5) is 0. The lowest BCUT2D eigenvalue weighted by Crippen LogP contribution is -2.30. The number of furan rings is 1. The molecule has 0 aliphatic heterocycles. The first-order valence-corrected chi connectivity index (χ1v) is 13.0. The molecule has 0 atom stereocenters. The molecule has 3 heterocycles. The normalized spacial score (nSPS) is 11.9. The van der Waals surface area contributed by atoms with Crippen molar-refractivity contribution in [2.75, 3.05) is 0 Å². The smallest absolute Gasteiger partial charge is 0.256 e. The number of para-hydroxylation sites is 2. The number of aryl methyl sites for hydroxylation is 2. The van der Waals surface area contributed by atoms with E-state index >= 15 is 0 Å². The van der Waals surface area contributed by atoms with Crippen molar-refractivity contribution in [2.45, 2.75) is 6.92 Å². The molecule has 0 bridgehead atoms. The molecule has 0 fully saturated rings. The van der Waals surface area contributed by atoms with Gasteiger partial charge in [-0.15, -0.1) is 0 Å². The summed E-state index contributed by atoms with van der Waals surface area (Å²) in [5, 5.41) is 7.31. The monoisotopic (exact) mass is 489 g/mol. The zero-order chi connectivity index (χ0) is 25.4. The molecule has 180 valence electrons. The molecule has 0 amide bonds. The molecule has 3 aromatic heterocycles. The lowest BCUT2D eigenvalue weighted by Gasteiger charge is -2.08. The Bertz CT molecular complexity index is 2160. The Morgan fingerprint density at radius 3 is 2.08 bits per heavy atom. The predicted octanol–water partition coefficient (Wildman–Crippen LogP) is 8.64. The molecule has 0 N–H and O–H groups in total. The van der Waals surface area contributed by atoms with Gasteiger partial charge in [0.15, 0.2) is 6.20 Å². The Labute approximate surface area is 219 Å². The lowest BCUT2D eigenvalue weighted by molar-refractivity contribution is -0.659. The van der Waals surface area contributed by atoms with Crippen LogP contribution in [0.5, 0.6) is 0 Å². The van der Waals surface area contributed by atoms with Gasteiger partial charge in [-0.3, -0.25) is 0 Å². The van der Waals surface area contributed by atoms with Gasteiger partial charge in [-0.2, -0.15) is 4.57 Å². The molecule has 0 spiro atoms. The Balaban J connectivity index is 1.41. The van der Waals surface area contributed by atoms with E-state index in [0.29, 0.717) is 0 Å². The fourth-order valence-corrected chi connectivity index (χ4v) is 6.20. The molecule has 3 heteroatoms. The molecule has 0 unspecified atom stereocenters. The summed E-state index contributed by atoms with van der Waals surface area (Å²) in [6, 6.07) is 39.0. The quantitative estimate of drug-likeness (QED) is 0.223. The molecular formula is C35H25N2O+. The number of aromatic nitrogens is 2. The topological polar surface area (TPSA) is 21.9 Å². The first kappa shape index (κ1) is 21.2. The van der Waals surface area contributed by atoms with Gasteiger partial charge >= 0.3 is 0 Å². The van der Waals surface area contributed by atoms with Gasteiger partial charge in [0.05, 0.1) is 16.6 Å². The van der Waals surface area contributed by atoms with Gasteiger partial charge in [0, 0.05) is 33.3 Å². The van der Waals surface area contributed by atoms with E-state index < -0.39 is 0 Å². The highest BCUT2D eigenvalue weighted by Crippen LogP contribution is 2.38. The van der Waals surface area contributed by atoms with Crippen LogP contribution in [0.1, 0.15) is 5.56 Å². The third kappa shape index (κ3) is 2.87. The summed E-state index contributed by atoms with van der Waals surface area (Å²) in [6.07, 6.45) is 2.15. The Hall–Kier alpha value is -4.89. The van der Waals surface area contributed by atoms with Gasteiger partial charge < -0.3 is 8.98 Å². The van der Waals surface area contributed by atoms with Crippen LogP contribution in [0.2, 0.25) is 0 Å². The van der Waals surface area contributed by atoms with Crippen LogP contribution in [0.15, 0.2) is 120 Å².